The Balaban J connectivity index is 2.35. The van der Waals surface area contributed by atoms with Crippen LogP contribution in [0.4, 0.5) is 0 Å². The number of nitrogens with zero attached hydrogens (tertiary/aromatic N) is 1. The molecule has 0 radical (unpaired) electrons. The molecule has 0 fully saturated rings. The summed E-state index contributed by atoms with van der Waals surface area (Å²) in [5.74, 6) is -0.393. The van der Waals surface area contributed by atoms with Crippen LogP contribution in [-0.4, -0.2) is 31.7 Å². The van der Waals surface area contributed by atoms with E-state index in [-0.39, 0.29) is 24.5 Å². The minimum Gasteiger partial charge on any atom is -0.351 e. The molecule has 5 nitrogen and oxygen atoms in total. The van der Waals surface area contributed by atoms with Crippen LogP contribution >= 0.6 is 11.6 Å². The Hall–Kier alpha value is -2.15. The van der Waals surface area contributed by atoms with Crippen LogP contribution in [0.3, 0.4) is 0 Å². The van der Waals surface area contributed by atoms with Gasteiger partial charge in [0, 0.05) is 18.1 Å². The Labute approximate surface area is 159 Å². The second-order valence-corrected chi connectivity index (χ2v) is 8.12. The highest BCUT2D eigenvalue weighted by molar-refractivity contribution is 7.89. The zero-order valence-electron chi connectivity index (χ0n) is 14.5. The van der Waals surface area contributed by atoms with Crippen LogP contribution in [0.1, 0.15) is 11.1 Å². The number of hydrogen-bond donors (Lipinski definition) is 1. The number of aryl methyl sites for hydroxylation is 1. The van der Waals surface area contributed by atoms with Crippen LogP contribution < -0.4 is 5.32 Å². The molecule has 0 saturated heterocycles. The topological polar surface area (TPSA) is 66.5 Å². The molecule has 0 heterocycles. The Morgan fingerprint density at radius 1 is 1.19 bits per heavy atom. The molecule has 0 bridgehead atoms. The first-order valence-corrected chi connectivity index (χ1v) is 9.84. The van der Waals surface area contributed by atoms with Crippen LogP contribution in [0, 0.1) is 6.92 Å². The predicted molar refractivity (Wildman–Crippen MR) is 103 cm³/mol. The van der Waals surface area contributed by atoms with Gasteiger partial charge in [0.2, 0.25) is 15.9 Å². The fraction of sp³-hybridized carbons (Fsp3) is 0.211. The van der Waals surface area contributed by atoms with Crippen molar-refractivity contribution in [2.24, 2.45) is 0 Å². The van der Waals surface area contributed by atoms with Crippen molar-refractivity contribution < 1.29 is 13.2 Å². The number of carbonyl (C=O) groups is 1. The summed E-state index contributed by atoms with van der Waals surface area (Å²) in [6.07, 6.45) is 1.54. The van der Waals surface area contributed by atoms with Gasteiger partial charge in [-0.15, -0.1) is 6.58 Å². The summed E-state index contributed by atoms with van der Waals surface area (Å²) in [7, 11) is -3.86. The van der Waals surface area contributed by atoms with Crippen molar-refractivity contribution in [2.75, 3.05) is 13.1 Å². The number of nitrogens with one attached hydrogen (secondary N) is 1. The van der Waals surface area contributed by atoms with E-state index in [0.717, 1.165) is 15.4 Å². The van der Waals surface area contributed by atoms with Crippen LogP contribution in [0.5, 0.6) is 0 Å². The van der Waals surface area contributed by atoms with Gasteiger partial charge < -0.3 is 5.32 Å². The minimum absolute atomic E-state index is 0.0898. The summed E-state index contributed by atoms with van der Waals surface area (Å²) in [4.78, 5) is 12.2. The van der Waals surface area contributed by atoms with Crippen molar-refractivity contribution in [1.82, 2.24) is 9.62 Å². The predicted octanol–water partition coefficient (Wildman–Crippen LogP) is 3.14. The lowest BCUT2D eigenvalue weighted by Crippen LogP contribution is -2.40. The Bertz CT molecular complexity index is 880. The molecule has 0 aliphatic rings. The summed E-state index contributed by atoms with van der Waals surface area (Å²) in [5, 5.41) is 3.05. The van der Waals surface area contributed by atoms with Gasteiger partial charge in [-0.2, -0.15) is 4.31 Å². The van der Waals surface area contributed by atoms with E-state index in [4.69, 9.17) is 11.6 Å². The standard InChI is InChI=1S/C19H21ClN2O3S/c1-3-12-21-19(23)14-22(13-16-7-5-4-6-15(16)2)26(24,25)18-10-8-17(20)9-11-18/h3-11H,1,12-14H2,2H3,(H,21,23). The number of amides is 1. The van der Waals surface area contributed by atoms with Crippen molar-refractivity contribution in [3.05, 3.63) is 77.3 Å². The molecule has 0 spiro atoms. The highest BCUT2D eigenvalue weighted by Gasteiger charge is 2.27. The summed E-state index contributed by atoms with van der Waals surface area (Å²) in [6, 6.07) is 13.4. The normalized spacial score (nSPS) is 11.3. The molecule has 0 saturated carbocycles. The highest BCUT2D eigenvalue weighted by Crippen LogP contribution is 2.21. The molecule has 0 atom stereocenters. The maximum Gasteiger partial charge on any atom is 0.243 e. The number of benzene rings is 2. The van der Waals surface area contributed by atoms with Crippen LogP contribution in [-0.2, 0) is 21.4 Å². The van der Waals surface area contributed by atoms with E-state index in [9.17, 15) is 13.2 Å². The second-order valence-electron chi connectivity index (χ2n) is 5.75. The molecule has 2 rings (SSSR count). The number of sulfonamides is 1. The van der Waals surface area contributed by atoms with Gasteiger partial charge in [0.05, 0.1) is 11.4 Å². The van der Waals surface area contributed by atoms with Gasteiger partial charge in [-0.25, -0.2) is 8.42 Å². The lowest BCUT2D eigenvalue weighted by atomic mass is 10.1. The minimum atomic E-state index is -3.86. The van der Waals surface area contributed by atoms with Crippen LogP contribution in [0.2, 0.25) is 5.02 Å². The molecule has 138 valence electrons. The smallest absolute Gasteiger partial charge is 0.243 e. The average Bonchev–Trinajstić information content (AvgIpc) is 2.61. The van der Waals surface area contributed by atoms with Crippen molar-refractivity contribution in [2.45, 2.75) is 18.4 Å². The zero-order chi connectivity index (χ0) is 19.2. The van der Waals surface area contributed by atoms with E-state index in [1.807, 2.05) is 31.2 Å². The molecule has 2 aromatic carbocycles. The first kappa shape index (κ1) is 20.2. The number of rotatable bonds is 8. The van der Waals surface area contributed by atoms with Gasteiger partial charge >= 0.3 is 0 Å². The summed E-state index contributed by atoms with van der Waals surface area (Å²) in [5.41, 5.74) is 1.79. The molecular weight excluding hydrogens is 372 g/mol. The second kappa shape index (κ2) is 8.98. The quantitative estimate of drug-likeness (QED) is 0.702. The summed E-state index contributed by atoms with van der Waals surface area (Å²) >= 11 is 5.85. The molecule has 26 heavy (non-hydrogen) atoms. The molecule has 0 aliphatic carbocycles. The van der Waals surface area contributed by atoms with Crippen molar-refractivity contribution in [1.29, 1.82) is 0 Å². The van der Waals surface area contributed by atoms with Gasteiger partial charge in [0.25, 0.3) is 0 Å². The summed E-state index contributed by atoms with van der Waals surface area (Å²) < 4.78 is 27.3. The fourth-order valence-electron chi connectivity index (χ4n) is 2.36. The van der Waals surface area contributed by atoms with E-state index in [2.05, 4.69) is 11.9 Å². The van der Waals surface area contributed by atoms with Crippen molar-refractivity contribution >= 4 is 27.5 Å². The lowest BCUT2D eigenvalue weighted by molar-refractivity contribution is -0.121. The van der Waals surface area contributed by atoms with Gasteiger partial charge in [0.1, 0.15) is 0 Å². The first-order chi connectivity index (χ1) is 12.3. The first-order valence-electron chi connectivity index (χ1n) is 8.02. The van der Waals surface area contributed by atoms with E-state index < -0.39 is 15.9 Å². The number of hydrogen-bond acceptors (Lipinski definition) is 3. The molecule has 1 N–H and O–H groups in total. The fourth-order valence-corrected chi connectivity index (χ4v) is 3.86. The largest absolute Gasteiger partial charge is 0.351 e. The van der Waals surface area contributed by atoms with Crippen LogP contribution in [0.25, 0.3) is 0 Å². The molecule has 0 unspecified atom stereocenters. The van der Waals surface area contributed by atoms with Gasteiger partial charge in [-0.3, -0.25) is 4.79 Å². The van der Waals surface area contributed by atoms with Crippen molar-refractivity contribution in [3.63, 3.8) is 0 Å². The molecule has 7 heteroatoms. The number of halogens is 1. The van der Waals surface area contributed by atoms with Crippen molar-refractivity contribution in [3.8, 4) is 0 Å². The Kier molecular flexibility index (Phi) is 6.97. The average molecular weight is 393 g/mol. The zero-order valence-corrected chi connectivity index (χ0v) is 16.1. The monoisotopic (exact) mass is 392 g/mol. The lowest BCUT2D eigenvalue weighted by Gasteiger charge is -2.22. The maximum atomic E-state index is 13.1. The molecule has 0 aliphatic heterocycles. The van der Waals surface area contributed by atoms with E-state index in [1.54, 1.807) is 0 Å². The Morgan fingerprint density at radius 2 is 1.85 bits per heavy atom. The SMILES string of the molecule is C=CCNC(=O)CN(Cc1ccccc1C)S(=O)(=O)c1ccc(Cl)cc1. The van der Waals surface area contributed by atoms with E-state index in [1.165, 1.54) is 30.3 Å². The van der Waals surface area contributed by atoms with E-state index in [0.29, 0.717) is 5.02 Å². The molecule has 0 aromatic heterocycles. The molecule has 1 amide bonds. The van der Waals surface area contributed by atoms with Gasteiger partial charge in [-0.05, 0) is 42.3 Å². The van der Waals surface area contributed by atoms with Gasteiger partial charge in [0.15, 0.2) is 0 Å². The number of carbonyl (C=O) groups excluding carboxylic acids is 1. The third-order valence-electron chi connectivity index (χ3n) is 3.82. The third-order valence-corrected chi connectivity index (χ3v) is 5.88. The molecular formula is C19H21ClN2O3S. The third kappa shape index (κ3) is 5.17. The summed E-state index contributed by atoms with van der Waals surface area (Å²) in [6.45, 7) is 5.53. The maximum absolute atomic E-state index is 13.1. The van der Waals surface area contributed by atoms with Crippen LogP contribution in [0.15, 0.2) is 66.1 Å². The van der Waals surface area contributed by atoms with E-state index >= 15 is 0 Å². The highest BCUT2D eigenvalue weighted by atomic mass is 35.5. The van der Waals surface area contributed by atoms with Gasteiger partial charge in [-0.1, -0.05) is 41.9 Å². The molecule has 2 aromatic rings. The Morgan fingerprint density at radius 3 is 2.46 bits per heavy atom.